The maximum atomic E-state index is 12.0. The van der Waals surface area contributed by atoms with Crippen molar-refractivity contribution in [3.05, 3.63) is 58.7 Å². The number of carbonyl (C=O) groups is 1. The van der Waals surface area contributed by atoms with Gasteiger partial charge in [0.05, 0.1) is 0 Å². The summed E-state index contributed by atoms with van der Waals surface area (Å²) in [6.07, 6.45) is 0. The molecule has 5 heteroatoms. The van der Waals surface area contributed by atoms with Gasteiger partial charge in [0, 0.05) is 25.7 Å². The van der Waals surface area contributed by atoms with Gasteiger partial charge in [0.15, 0.2) is 0 Å². The first-order valence-electron chi connectivity index (χ1n) is 6.23. The SMILES string of the molecule is CN(C)c1cccc(C(=O)NCc2ccc(Cl)cc2)n1. The van der Waals surface area contributed by atoms with Crippen LogP contribution in [0.3, 0.4) is 0 Å². The van der Waals surface area contributed by atoms with Crippen LogP contribution < -0.4 is 10.2 Å². The number of halogens is 1. The Balaban J connectivity index is 2.01. The van der Waals surface area contributed by atoms with Crippen LogP contribution in [0, 0.1) is 0 Å². The predicted molar refractivity (Wildman–Crippen MR) is 81.2 cm³/mol. The molecule has 1 aromatic carbocycles. The fourth-order valence-corrected chi connectivity index (χ4v) is 1.80. The van der Waals surface area contributed by atoms with E-state index in [-0.39, 0.29) is 5.91 Å². The molecule has 0 bridgehead atoms. The number of aromatic nitrogens is 1. The summed E-state index contributed by atoms with van der Waals surface area (Å²) in [5.41, 5.74) is 1.40. The molecule has 2 rings (SSSR count). The number of nitrogens with one attached hydrogen (secondary N) is 1. The van der Waals surface area contributed by atoms with Crippen molar-refractivity contribution < 1.29 is 4.79 Å². The lowest BCUT2D eigenvalue weighted by atomic mass is 10.2. The van der Waals surface area contributed by atoms with Gasteiger partial charge in [-0.3, -0.25) is 4.79 Å². The molecule has 0 saturated carbocycles. The van der Waals surface area contributed by atoms with Crippen LogP contribution in [0.25, 0.3) is 0 Å². The Bertz CT molecular complexity index is 596. The number of hydrogen-bond acceptors (Lipinski definition) is 3. The third kappa shape index (κ3) is 3.71. The molecule has 2 aromatic rings. The first kappa shape index (κ1) is 14.3. The van der Waals surface area contributed by atoms with Gasteiger partial charge in [-0.2, -0.15) is 0 Å². The van der Waals surface area contributed by atoms with Gasteiger partial charge in [0.2, 0.25) is 0 Å². The molecule has 0 aliphatic heterocycles. The molecule has 1 N–H and O–H groups in total. The minimum atomic E-state index is -0.191. The van der Waals surface area contributed by atoms with Crippen molar-refractivity contribution in [2.45, 2.75) is 6.54 Å². The zero-order valence-corrected chi connectivity index (χ0v) is 12.2. The largest absolute Gasteiger partial charge is 0.363 e. The van der Waals surface area contributed by atoms with E-state index < -0.39 is 0 Å². The van der Waals surface area contributed by atoms with Gasteiger partial charge in [0.1, 0.15) is 11.5 Å². The zero-order valence-electron chi connectivity index (χ0n) is 11.4. The number of carbonyl (C=O) groups excluding carboxylic acids is 1. The minimum absolute atomic E-state index is 0.191. The topological polar surface area (TPSA) is 45.2 Å². The average Bonchev–Trinajstić information content (AvgIpc) is 2.46. The van der Waals surface area contributed by atoms with E-state index in [9.17, 15) is 4.79 Å². The molecule has 0 radical (unpaired) electrons. The summed E-state index contributed by atoms with van der Waals surface area (Å²) >= 11 is 5.82. The Morgan fingerprint density at radius 1 is 1.20 bits per heavy atom. The van der Waals surface area contributed by atoms with E-state index in [1.807, 2.05) is 43.3 Å². The molecule has 1 heterocycles. The van der Waals surface area contributed by atoms with E-state index >= 15 is 0 Å². The van der Waals surface area contributed by atoms with Gasteiger partial charge in [-0.05, 0) is 29.8 Å². The Labute approximate surface area is 123 Å². The van der Waals surface area contributed by atoms with E-state index in [2.05, 4.69) is 10.3 Å². The molecule has 104 valence electrons. The Morgan fingerprint density at radius 3 is 2.55 bits per heavy atom. The second kappa shape index (κ2) is 6.39. The Morgan fingerprint density at radius 2 is 1.90 bits per heavy atom. The summed E-state index contributed by atoms with van der Waals surface area (Å²) in [7, 11) is 3.77. The van der Waals surface area contributed by atoms with Gasteiger partial charge in [-0.25, -0.2) is 4.98 Å². The third-order valence-corrected chi connectivity index (χ3v) is 3.04. The minimum Gasteiger partial charge on any atom is -0.363 e. The van der Waals surface area contributed by atoms with Crippen LogP contribution >= 0.6 is 11.6 Å². The lowest BCUT2D eigenvalue weighted by molar-refractivity contribution is 0.0946. The van der Waals surface area contributed by atoms with Crippen LogP contribution in [-0.4, -0.2) is 25.0 Å². The van der Waals surface area contributed by atoms with E-state index in [4.69, 9.17) is 11.6 Å². The zero-order chi connectivity index (χ0) is 14.5. The van der Waals surface area contributed by atoms with Gasteiger partial charge >= 0.3 is 0 Å². The molecule has 1 aromatic heterocycles. The normalized spacial score (nSPS) is 10.2. The van der Waals surface area contributed by atoms with Crippen LogP contribution in [0.4, 0.5) is 5.82 Å². The van der Waals surface area contributed by atoms with E-state index in [1.54, 1.807) is 18.2 Å². The van der Waals surface area contributed by atoms with Crippen LogP contribution in [0.1, 0.15) is 16.1 Å². The van der Waals surface area contributed by atoms with Crippen molar-refractivity contribution in [2.75, 3.05) is 19.0 Å². The molecule has 1 amide bonds. The Hall–Kier alpha value is -2.07. The molecule has 0 unspecified atom stereocenters. The fourth-order valence-electron chi connectivity index (χ4n) is 1.67. The maximum absolute atomic E-state index is 12.0. The number of rotatable bonds is 4. The summed E-state index contributed by atoms with van der Waals surface area (Å²) in [5, 5.41) is 3.52. The van der Waals surface area contributed by atoms with Gasteiger partial charge < -0.3 is 10.2 Å². The van der Waals surface area contributed by atoms with Crippen molar-refractivity contribution in [2.24, 2.45) is 0 Å². The highest BCUT2D eigenvalue weighted by molar-refractivity contribution is 6.30. The maximum Gasteiger partial charge on any atom is 0.270 e. The number of amides is 1. The highest BCUT2D eigenvalue weighted by atomic mass is 35.5. The molecule has 0 aliphatic carbocycles. The summed E-state index contributed by atoms with van der Waals surface area (Å²) in [5.74, 6) is 0.563. The number of pyridine rings is 1. The summed E-state index contributed by atoms with van der Waals surface area (Å²) in [6, 6.07) is 12.7. The first-order valence-corrected chi connectivity index (χ1v) is 6.61. The van der Waals surface area contributed by atoms with Gasteiger partial charge in [-0.15, -0.1) is 0 Å². The Kier molecular flexibility index (Phi) is 4.58. The first-order chi connectivity index (χ1) is 9.56. The standard InChI is InChI=1S/C15H16ClN3O/c1-19(2)14-5-3-4-13(18-14)15(20)17-10-11-6-8-12(16)9-7-11/h3-9H,10H2,1-2H3,(H,17,20). The van der Waals surface area contributed by atoms with Crippen molar-refractivity contribution in [3.8, 4) is 0 Å². The van der Waals surface area contributed by atoms with Crippen molar-refractivity contribution in [1.29, 1.82) is 0 Å². The van der Waals surface area contributed by atoms with Crippen LogP contribution in [-0.2, 0) is 6.54 Å². The molecule has 20 heavy (non-hydrogen) atoms. The van der Waals surface area contributed by atoms with E-state index in [0.29, 0.717) is 17.3 Å². The number of hydrogen-bond donors (Lipinski definition) is 1. The summed E-state index contributed by atoms with van der Waals surface area (Å²) in [4.78, 5) is 18.2. The molecular weight excluding hydrogens is 274 g/mol. The number of anilines is 1. The van der Waals surface area contributed by atoms with E-state index in [0.717, 1.165) is 11.4 Å². The van der Waals surface area contributed by atoms with Crippen molar-refractivity contribution >= 4 is 23.3 Å². The molecule has 0 fully saturated rings. The molecule has 4 nitrogen and oxygen atoms in total. The smallest absolute Gasteiger partial charge is 0.270 e. The predicted octanol–water partition coefficient (Wildman–Crippen LogP) is 2.73. The van der Waals surface area contributed by atoms with Crippen molar-refractivity contribution in [1.82, 2.24) is 10.3 Å². The molecular formula is C15H16ClN3O. The molecule has 0 aliphatic rings. The third-order valence-electron chi connectivity index (χ3n) is 2.79. The van der Waals surface area contributed by atoms with Crippen LogP contribution in [0.2, 0.25) is 5.02 Å². The lowest BCUT2D eigenvalue weighted by Crippen LogP contribution is -2.24. The van der Waals surface area contributed by atoms with Crippen LogP contribution in [0.15, 0.2) is 42.5 Å². The highest BCUT2D eigenvalue weighted by Gasteiger charge is 2.08. The second-order valence-electron chi connectivity index (χ2n) is 4.58. The average molecular weight is 290 g/mol. The highest BCUT2D eigenvalue weighted by Crippen LogP contribution is 2.10. The lowest BCUT2D eigenvalue weighted by Gasteiger charge is -2.12. The summed E-state index contributed by atoms with van der Waals surface area (Å²) in [6.45, 7) is 0.448. The number of nitrogens with zero attached hydrogens (tertiary/aromatic N) is 2. The van der Waals surface area contributed by atoms with Crippen LogP contribution in [0.5, 0.6) is 0 Å². The molecule has 0 atom stereocenters. The monoisotopic (exact) mass is 289 g/mol. The van der Waals surface area contributed by atoms with Gasteiger partial charge in [-0.1, -0.05) is 29.8 Å². The molecule has 0 spiro atoms. The van der Waals surface area contributed by atoms with Crippen molar-refractivity contribution in [3.63, 3.8) is 0 Å². The molecule has 0 saturated heterocycles. The fraction of sp³-hybridized carbons (Fsp3) is 0.200. The second-order valence-corrected chi connectivity index (χ2v) is 5.02. The van der Waals surface area contributed by atoms with E-state index in [1.165, 1.54) is 0 Å². The summed E-state index contributed by atoms with van der Waals surface area (Å²) < 4.78 is 0. The van der Waals surface area contributed by atoms with Gasteiger partial charge in [0.25, 0.3) is 5.91 Å². The number of benzene rings is 1. The quantitative estimate of drug-likeness (QED) is 0.941.